The lowest BCUT2D eigenvalue weighted by Crippen LogP contribution is -2.17. The summed E-state index contributed by atoms with van der Waals surface area (Å²) in [6.45, 7) is 1.51. The first-order valence-electron chi connectivity index (χ1n) is 6.25. The molecule has 90 valence electrons. The van der Waals surface area contributed by atoms with Gasteiger partial charge in [-0.3, -0.25) is 0 Å². The fourth-order valence-corrected chi connectivity index (χ4v) is 2.61. The van der Waals surface area contributed by atoms with Crippen molar-refractivity contribution in [2.45, 2.75) is 32.4 Å². The molecule has 0 radical (unpaired) electrons. The number of hydrogen-bond acceptors (Lipinski definition) is 1. The van der Waals surface area contributed by atoms with Crippen LogP contribution >= 0.6 is 0 Å². The lowest BCUT2D eigenvalue weighted by Gasteiger charge is -2.26. The van der Waals surface area contributed by atoms with Crippen LogP contribution in [-0.2, 0) is 13.1 Å². The van der Waals surface area contributed by atoms with Crippen LogP contribution in [-0.4, -0.2) is 4.57 Å². The van der Waals surface area contributed by atoms with E-state index in [2.05, 4.69) is 10.8 Å². The maximum atomic E-state index is 13.3. The second kappa shape index (κ2) is 4.15. The van der Waals surface area contributed by atoms with E-state index in [1.54, 1.807) is 6.07 Å². The van der Waals surface area contributed by atoms with Gasteiger partial charge in [-0.25, -0.2) is 4.39 Å². The van der Waals surface area contributed by atoms with E-state index in [1.807, 2.05) is 6.07 Å². The second-order valence-electron chi connectivity index (χ2n) is 4.97. The van der Waals surface area contributed by atoms with Gasteiger partial charge < -0.3 is 10.3 Å². The molecular formula is C14H17FN2. The quantitative estimate of drug-likeness (QED) is 0.866. The third kappa shape index (κ3) is 1.84. The van der Waals surface area contributed by atoms with Gasteiger partial charge in [-0.2, -0.15) is 0 Å². The summed E-state index contributed by atoms with van der Waals surface area (Å²) < 4.78 is 15.5. The van der Waals surface area contributed by atoms with E-state index in [0.29, 0.717) is 6.54 Å². The Morgan fingerprint density at radius 3 is 2.82 bits per heavy atom. The normalized spacial score (nSPS) is 16.4. The number of halogens is 1. The highest BCUT2D eigenvalue weighted by atomic mass is 19.1. The summed E-state index contributed by atoms with van der Waals surface area (Å²) in [5, 5.41) is 0.965. The molecule has 3 rings (SSSR count). The summed E-state index contributed by atoms with van der Waals surface area (Å²) >= 11 is 0. The monoisotopic (exact) mass is 232 g/mol. The summed E-state index contributed by atoms with van der Waals surface area (Å²) in [6, 6.07) is 4.98. The lowest BCUT2D eigenvalue weighted by atomic mass is 9.85. The topological polar surface area (TPSA) is 30.9 Å². The van der Waals surface area contributed by atoms with Crippen LogP contribution in [0.2, 0.25) is 0 Å². The van der Waals surface area contributed by atoms with Crippen molar-refractivity contribution in [2.24, 2.45) is 11.7 Å². The Kier molecular flexibility index (Phi) is 2.63. The summed E-state index contributed by atoms with van der Waals surface area (Å²) in [5.74, 6) is 0.606. The highest BCUT2D eigenvalue weighted by molar-refractivity contribution is 5.84. The highest BCUT2D eigenvalue weighted by Gasteiger charge is 2.19. The van der Waals surface area contributed by atoms with Crippen LogP contribution in [0.25, 0.3) is 10.9 Å². The summed E-state index contributed by atoms with van der Waals surface area (Å²) in [4.78, 5) is 0. The van der Waals surface area contributed by atoms with Crippen LogP contribution in [0.1, 0.15) is 24.8 Å². The van der Waals surface area contributed by atoms with Crippen molar-refractivity contribution in [1.29, 1.82) is 0 Å². The number of rotatable bonds is 3. The Bertz CT molecular complexity index is 540. The molecule has 3 heteroatoms. The Labute approximate surface area is 100 Å². The Morgan fingerprint density at radius 2 is 2.18 bits per heavy atom. The zero-order chi connectivity index (χ0) is 11.8. The first kappa shape index (κ1) is 10.8. The van der Waals surface area contributed by atoms with Crippen molar-refractivity contribution in [1.82, 2.24) is 4.57 Å². The minimum atomic E-state index is -0.186. The molecule has 17 heavy (non-hydrogen) atoms. The SMILES string of the molecule is NCc1cn(CC2CCC2)c2ccc(F)cc12. The van der Waals surface area contributed by atoms with E-state index < -0.39 is 0 Å². The van der Waals surface area contributed by atoms with Crippen LogP contribution in [0, 0.1) is 11.7 Å². The Morgan fingerprint density at radius 1 is 1.35 bits per heavy atom. The maximum Gasteiger partial charge on any atom is 0.123 e. The number of fused-ring (bicyclic) bond motifs is 1. The van der Waals surface area contributed by atoms with E-state index in [1.165, 1.54) is 25.3 Å². The number of nitrogens with zero attached hydrogens (tertiary/aromatic N) is 1. The van der Waals surface area contributed by atoms with Gasteiger partial charge in [0.05, 0.1) is 0 Å². The molecular weight excluding hydrogens is 215 g/mol. The third-order valence-electron chi connectivity index (χ3n) is 3.83. The Balaban J connectivity index is 2.04. The number of hydrogen-bond donors (Lipinski definition) is 1. The van der Waals surface area contributed by atoms with Crippen molar-refractivity contribution in [3.05, 3.63) is 35.8 Å². The maximum absolute atomic E-state index is 13.3. The fraction of sp³-hybridized carbons (Fsp3) is 0.429. The summed E-state index contributed by atoms with van der Waals surface area (Å²) in [7, 11) is 0. The standard InChI is InChI=1S/C14H17FN2/c15-12-4-5-14-13(6-12)11(7-16)9-17(14)8-10-2-1-3-10/h4-6,9-10H,1-3,7-8,16H2. The van der Waals surface area contributed by atoms with E-state index in [-0.39, 0.29) is 5.82 Å². The predicted molar refractivity (Wildman–Crippen MR) is 67.1 cm³/mol. The lowest BCUT2D eigenvalue weighted by molar-refractivity contribution is 0.279. The van der Waals surface area contributed by atoms with E-state index >= 15 is 0 Å². The van der Waals surface area contributed by atoms with Gasteiger partial charge >= 0.3 is 0 Å². The minimum Gasteiger partial charge on any atom is -0.347 e. The number of aromatic nitrogens is 1. The van der Waals surface area contributed by atoms with Gasteiger partial charge in [0.15, 0.2) is 0 Å². The first-order valence-corrected chi connectivity index (χ1v) is 6.25. The zero-order valence-corrected chi connectivity index (χ0v) is 9.82. The molecule has 0 spiro atoms. The molecule has 0 saturated heterocycles. The molecule has 0 unspecified atom stereocenters. The van der Waals surface area contributed by atoms with Gasteiger partial charge in [-0.15, -0.1) is 0 Å². The van der Waals surface area contributed by atoms with E-state index in [4.69, 9.17) is 5.73 Å². The molecule has 2 aromatic rings. The van der Waals surface area contributed by atoms with Crippen molar-refractivity contribution < 1.29 is 4.39 Å². The number of benzene rings is 1. The molecule has 0 bridgehead atoms. The van der Waals surface area contributed by atoms with Crippen LogP contribution < -0.4 is 5.73 Å². The first-order chi connectivity index (χ1) is 8.28. The molecule has 0 aliphatic heterocycles. The van der Waals surface area contributed by atoms with Gasteiger partial charge in [0.25, 0.3) is 0 Å². The predicted octanol–water partition coefficient (Wildman–Crippen LogP) is 3.04. The highest BCUT2D eigenvalue weighted by Crippen LogP contribution is 2.30. The average molecular weight is 232 g/mol. The minimum absolute atomic E-state index is 0.186. The molecule has 1 aliphatic carbocycles. The molecule has 1 aliphatic rings. The van der Waals surface area contributed by atoms with Crippen molar-refractivity contribution in [3.8, 4) is 0 Å². The van der Waals surface area contributed by atoms with Gasteiger partial charge in [-0.05, 0) is 42.5 Å². The van der Waals surface area contributed by atoms with E-state index in [9.17, 15) is 4.39 Å². The summed E-state index contributed by atoms with van der Waals surface area (Å²) in [6.07, 6.45) is 6.07. The van der Waals surface area contributed by atoms with E-state index in [0.717, 1.165) is 28.9 Å². The average Bonchev–Trinajstić information content (AvgIpc) is 2.61. The van der Waals surface area contributed by atoms with Crippen LogP contribution in [0.5, 0.6) is 0 Å². The van der Waals surface area contributed by atoms with Gasteiger partial charge in [0.1, 0.15) is 5.82 Å². The fourth-order valence-electron chi connectivity index (χ4n) is 2.61. The molecule has 2 nitrogen and oxygen atoms in total. The van der Waals surface area contributed by atoms with Crippen LogP contribution in [0.15, 0.2) is 24.4 Å². The molecule has 1 heterocycles. The smallest absolute Gasteiger partial charge is 0.123 e. The summed E-state index contributed by atoms with van der Waals surface area (Å²) in [5.41, 5.74) is 7.87. The Hall–Kier alpha value is -1.35. The van der Waals surface area contributed by atoms with Crippen molar-refractivity contribution in [3.63, 3.8) is 0 Å². The third-order valence-corrected chi connectivity index (χ3v) is 3.83. The largest absolute Gasteiger partial charge is 0.347 e. The molecule has 1 fully saturated rings. The van der Waals surface area contributed by atoms with Gasteiger partial charge in [-0.1, -0.05) is 6.42 Å². The molecule has 1 saturated carbocycles. The van der Waals surface area contributed by atoms with Crippen molar-refractivity contribution in [2.75, 3.05) is 0 Å². The molecule has 0 atom stereocenters. The second-order valence-corrected chi connectivity index (χ2v) is 4.97. The number of nitrogens with two attached hydrogens (primary N) is 1. The van der Waals surface area contributed by atoms with Crippen LogP contribution in [0.4, 0.5) is 4.39 Å². The van der Waals surface area contributed by atoms with Crippen LogP contribution in [0.3, 0.4) is 0 Å². The van der Waals surface area contributed by atoms with Gasteiger partial charge in [0, 0.05) is 30.2 Å². The van der Waals surface area contributed by atoms with Gasteiger partial charge in [0.2, 0.25) is 0 Å². The van der Waals surface area contributed by atoms with Crippen molar-refractivity contribution >= 4 is 10.9 Å². The zero-order valence-electron chi connectivity index (χ0n) is 9.82. The molecule has 2 N–H and O–H groups in total. The molecule has 1 aromatic carbocycles. The molecule has 0 amide bonds. The molecule has 1 aromatic heterocycles.